The number of alkyl halides is 3. The fourth-order valence-electron chi connectivity index (χ4n) is 2.58. The average Bonchev–Trinajstić information content (AvgIpc) is 2.95. The summed E-state index contributed by atoms with van der Waals surface area (Å²) in [5.41, 5.74) is 0.706. The van der Waals surface area contributed by atoms with Crippen LogP contribution in [0.2, 0.25) is 0 Å². The lowest BCUT2D eigenvalue weighted by Gasteiger charge is -2.13. The maximum Gasteiger partial charge on any atom is 0.416 e. The Morgan fingerprint density at radius 1 is 1.12 bits per heavy atom. The molecule has 7 heteroatoms. The van der Waals surface area contributed by atoms with E-state index in [9.17, 15) is 13.2 Å². The molecule has 4 nitrogen and oxygen atoms in total. The summed E-state index contributed by atoms with van der Waals surface area (Å²) in [4.78, 5) is 12.9. The van der Waals surface area contributed by atoms with Gasteiger partial charge >= 0.3 is 6.18 Å². The topological polar surface area (TPSA) is 43.6 Å². The molecule has 2 heterocycles. The van der Waals surface area contributed by atoms with Crippen molar-refractivity contribution in [2.45, 2.75) is 38.9 Å². The standard InChI is InChI=1S/C17H17F3N4/c1-2-3-8-15-21-9-14-16(23-15)24(11-22-14)10-12-6-4-5-7-13(12)17(18,19)20/h4-7,9,11H,2-3,8,10H2,1H3. The van der Waals surface area contributed by atoms with E-state index < -0.39 is 11.7 Å². The fraction of sp³-hybridized carbons (Fsp3) is 0.353. The van der Waals surface area contributed by atoms with Gasteiger partial charge in [-0.05, 0) is 18.1 Å². The molecule has 3 aromatic rings. The first-order chi connectivity index (χ1) is 11.5. The maximum atomic E-state index is 13.1. The molecular weight excluding hydrogens is 317 g/mol. The normalized spacial score (nSPS) is 12.0. The van der Waals surface area contributed by atoms with Crippen molar-refractivity contribution in [2.75, 3.05) is 0 Å². The van der Waals surface area contributed by atoms with Crippen LogP contribution in [0.4, 0.5) is 13.2 Å². The molecule has 0 unspecified atom stereocenters. The zero-order chi connectivity index (χ0) is 17.2. The second-order valence-corrected chi connectivity index (χ2v) is 5.63. The number of nitrogens with zero attached hydrogens (tertiary/aromatic N) is 4. The van der Waals surface area contributed by atoms with Gasteiger partial charge in [-0.15, -0.1) is 0 Å². The molecule has 24 heavy (non-hydrogen) atoms. The molecule has 0 aliphatic heterocycles. The molecule has 126 valence electrons. The maximum absolute atomic E-state index is 13.1. The Balaban J connectivity index is 1.96. The monoisotopic (exact) mass is 334 g/mol. The number of unbranched alkanes of at least 4 members (excludes halogenated alkanes) is 1. The summed E-state index contributed by atoms with van der Waals surface area (Å²) in [6.45, 7) is 2.15. The molecule has 1 aromatic carbocycles. The van der Waals surface area contributed by atoms with Gasteiger partial charge < -0.3 is 4.57 Å². The molecule has 0 fully saturated rings. The van der Waals surface area contributed by atoms with E-state index in [1.807, 2.05) is 0 Å². The second-order valence-electron chi connectivity index (χ2n) is 5.63. The predicted molar refractivity (Wildman–Crippen MR) is 84.5 cm³/mol. The van der Waals surface area contributed by atoms with Gasteiger partial charge in [-0.2, -0.15) is 13.2 Å². The molecule has 3 rings (SSSR count). The first kappa shape index (κ1) is 16.4. The minimum Gasteiger partial charge on any atom is -0.311 e. The van der Waals surface area contributed by atoms with Crippen molar-refractivity contribution in [3.8, 4) is 0 Å². The van der Waals surface area contributed by atoms with Crippen molar-refractivity contribution in [3.05, 3.63) is 53.7 Å². The highest BCUT2D eigenvalue weighted by Gasteiger charge is 2.32. The number of hydrogen-bond acceptors (Lipinski definition) is 3. The van der Waals surface area contributed by atoms with E-state index >= 15 is 0 Å². The molecular formula is C17H17F3N4. The van der Waals surface area contributed by atoms with Crippen molar-refractivity contribution in [2.24, 2.45) is 0 Å². The van der Waals surface area contributed by atoms with Gasteiger partial charge in [0.25, 0.3) is 0 Å². The highest BCUT2D eigenvalue weighted by Crippen LogP contribution is 2.32. The lowest BCUT2D eigenvalue weighted by atomic mass is 10.1. The molecule has 0 aliphatic carbocycles. The number of hydrogen-bond donors (Lipinski definition) is 0. The minimum absolute atomic E-state index is 0.0659. The summed E-state index contributed by atoms with van der Waals surface area (Å²) in [7, 11) is 0. The SMILES string of the molecule is CCCCc1ncc2ncn(Cc3ccccc3C(F)(F)F)c2n1. The number of fused-ring (bicyclic) bond motifs is 1. The van der Waals surface area contributed by atoms with Crippen LogP contribution in [0.25, 0.3) is 11.2 Å². The Labute approximate surface area is 137 Å². The van der Waals surface area contributed by atoms with E-state index in [0.717, 1.165) is 25.3 Å². The third-order valence-electron chi connectivity index (χ3n) is 3.83. The lowest BCUT2D eigenvalue weighted by molar-refractivity contribution is -0.138. The highest BCUT2D eigenvalue weighted by molar-refractivity contribution is 5.69. The molecule has 0 saturated carbocycles. The summed E-state index contributed by atoms with van der Waals surface area (Å²) in [5, 5.41) is 0. The van der Waals surface area contributed by atoms with E-state index in [4.69, 9.17) is 0 Å². The van der Waals surface area contributed by atoms with Gasteiger partial charge in [0.15, 0.2) is 5.65 Å². The largest absolute Gasteiger partial charge is 0.416 e. The van der Waals surface area contributed by atoms with Crippen LogP contribution < -0.4 is 0 Å². The van der Waals surface area contributed by atoms with Crippen molar-refractivity contribution < 1.29 is 13.2 Å². The summed E-state index contributed by atoms with van der Waals surface area (Å²) < 4.78 is 41.1. The first-order valence-corrected chi connectivity index (χ1v) is 7.81. The van der Waals surface area contributed by atoms with Gasteiger partial charge in [-0.3, -0.25) is 0 Å². The second kappa shape index (κ2) is 6.59. The number of aromatic nitrogens is 4. The minimum atomic E-state index is -4.38. The Morgan fingerprint density at radius 3 is 2.67 bits per heavy atom. The lowest BCUT2D eigenvalue weighted by Crippen LogP contribution is -2.11. The molecule has 0 bridgehead atoms. The summed E-state index contributed by atoms with van der Waals surface area (Å²) >= 11 is 0. The number of aryl methyl sites for hydroxylation is 1. The predicted octanol–water partition coefficient (Wildman–Crippen LogP) is 4.24. The van der Waals surface area contributed by atoms with Gasteiger partial charge in [-0.25, -0.2) is 15.0 Å². The van der Waals surface area contributed by atoms with Crippen LogP contribution in [0.15, 0.2) is 36.8 Å². The molecule has 0 aliphatic rings. The van der Waals surface area contributed by atoms with E-state index in [1.165, 1.54) is 18.5 Å². The van der Waals surface area contributed by atoms with E-state index in [-0.39, 0.29) is 12.1 Å². The molecule has 0 radical (unpaired) electrons. The third-order valence-corrected chi connectivity index (χ3v) is 3.83. The van der Waals surface area contributed by atoms with Crippen LogP contribution in [0.5, 0.6) is 0 Å². The van der Waals surface area contributed by atoms with Gasteiger partial charge in [0.05, 0.1) is 24.6 Å². The number of imidazole rings is 1. The number of halogens is 3. The van der Waals surface area contributed by atoms with Crippen molar-refractivity contribution in [3.63, 3.8) is 0 Å². The molecule has 0 N–H and O–H groups in total. The molecule has 0 amide bonds. The Morgan fingerprint density at radius 2 is 1.92 bits per heavy atom. The summed E-state index contributed by atoms with van der Waals surface area (Å²) in [5.74, 6) is 0.690. The fourth-order valence-corrected chi connectivity index (χ4v) is 2.58. The van der Waals surface area contributed by atoms with Gasteiger partial charge in [0, 0.05) is 6.42 Å². The van der Waals surface area contributed by atoms with Crippen LogP contribution >= 0.6 is 0 Å². The van der Waals surface area contributed by atoms with Crippen LogP contribution in [-0.4, -0.2) is 19.5 Å². The van der Waals surface area contributed by atoms with Crippen LogP contribution in [0.1, 0.15) is 36.7 Å². The van der Waals surface area contributed by atoms with E-state index in [1.54, 1.807) is 16.8 Å². The third kappa shape index (κ3) is 3.39. The zero-order valence-corrected chi connectivity index (χ0v) is 13.2. The van der Waals surface area contributed by atoms with Crippen LogP contribution in [0, 0.1) is 0 Å². The van der Waals surface area contributed by atoms with Crippen LogP contribution in [0.3, 0.4) is 0 Å². The van der Waals surface area contributed by atoms with E-state index in [0.29, 0.717) is 17.0 Å². The zero-order valence-electron chi connectivity index (χ0n) is 13.2. The number of rotatable bonds is 5. The molecule has 0 spiro atoms. The van der Waals surface area contributed by atoms with Gasteiger partial charge in [-0.1, -0.05) is 31.5 Å². The Bertz CT molecular complexity index is 839. The summed E-state index contributed by atoms with van der Waals surface area (Å²) in [6, 6.07) is 5.57. The molecule has 2 aromatic heterocycles. The van der Waals surface area contributed by atoms with Crippen molar-refractivity contribution in [1.29, 1.82) is 0 Å². The Hall–Kier alpha value is -2.44. The highest BCUT2D eigenvalue weighted by atomic mass is 19.4. The van der Waals surface area contributed by atoms with Crippen molar-refractivity contribution in [1.82, 2.24) is 19.5 Å². The molecule has 0 atom stereocenters. The summed E-state index contributed by atoms with van der Waals surface area (Å²) in [6.07, 6.45) is 1.50. The van der Waals surface area contributed by atoms with Crippen molar-refractivity contribution >= 4 is 11.2 Å². The quantitative estimate of drug-likeness (QED) is 0.701. The van der Waals surface area contributed by atoms with Crippen LogP contribution in [-0.2, 0) is 19.1 Å². The number of benzene rings is 1. The van der Waals surface area contributed by atoms with E-state index in [2.05, 4.69) is 21.9 Å². The molecule has 0 saturated heterocycles. The average molecular weight is 334 g/mol. The van der Waals surface area contributed by atoms with Gasteiger partial charge in [0.1, 0.15) is 11.3 Å². The Kier molecular flexibility index (Phi) is 4.51. The van der Waals surface area contributed by atoms with Gasteiger partial charge in [0.2, 0.25) is 0 Å². The first-order valence-electron chi connectivity index (χ1n) is 7.81. The smallest absolute Gasteiger partial charge is 0.311 e.